The van der Waals surface area contributed by atoms with Gasteiger partial charge >= 0.3 is 6.09 Å². The summed E-state index contributed by atoms with van der Waals surface area (Å²) in [5.41, 5.74) is 1.36. The van der Waals surface area contributed by atoms with E-state index in [-0.39, 0.29) is 18.4 Å². The van der Waals surface area contributed by atoms with Gasteiger partial charge in [-0.1, -0.05) is 19.3 Å². The summed E-state index contributed by atoms with van der Waals surface area (Å²) < 4.78 is 6.95. The SMILES string of the molecule is Cc1nn2c(c1CNC1CCCCC1)N=C(N1CCN(C(=O)OC(C)(C)C)CC1)CC2=O. The molecule has 2 fully saturated rings. The number of carbonyl (C=O) groups is 2. The number of amidine groups is 1. The molecule has 9 heteroatoms. The maximum absolute atomic E-state index is 12.8. The minimum atomic E-state index is -0.508. The third kappa shape index (κ3) is 5.14. The van der Waals surface area contributed by atoms with Gasteiger partial charge < -0.3 is 19.9 Å². The Bertz CT molecular complexity index is 886. The largest absolute Gasteiger partial charge is 0.444 e. The van der Waals surface area contributed by atoms with Crippen molar-refractivity contribution in [2.75, 3.05) is 26.2 Å². The van der Waals surface area contributed by atoms with E-state index in [2.05, 4.69) is 15.3 Å². The van der Waals surface area contributed by atoms with E-state index in [0.717, 1.165) is 17.1 Å². The third-order valence-corrected chi connectivity index (χ3v) is 6.41. The number of aryl methyl sites for hydroxylation is 1. The summed E-state index contributed by atoms with van der Waals surface area (Å²) in [6.45, 7) is 10.6. The average molecular weight is 445 g/mol. The standard InChI is InChI=1S/C23H36N6O3/c1-16-18(15-24-17-8-6-5-7-9-17)21-25-19(14-20(30)29(21)26-16)27-10-12-28(13-11-27)22(31)32-23(2,3)4/h17,24H,5-15H2,1-4H3. The van der Waals surface area contributed by atoms with Crippen LogP contribution < -0.4 is 5.32 Å². The first-order chi connectivity index (χ1) is 15.2. The summed E-state index contributed by atoms with van der Waals surface area (Å²) in [5, 5.41) is 8.13. The fraction of sp³-hybridized carbons (Fsp3) is 0.739. The smallest absolute Gasteiger partial charge is 0.410 e. The number of hydrogen-bond donors (Lipinski definition) is 1. The Morgan fingerprint density at radius 2 is 1.81 bits per heavy atom. The van der Waals surface area contributed by atoms with Gasteiger partial charge in [-0.15, -0.1) is 0 Å². The van der Waals surface area contributed by atoms with Crippen molar-refractivity contribution < 1.29 is 14.3 Å². The Balaban J connectivity index is 1.43. The van der Waals surface area contributed by atoms with Gasteiger partial charge in [-0.25, -0.2) is 9.79 Å². The number of rotatable bonds is 3. The summed E-state index contributed by atoms with van der Waals surface area (Å²) in [6.07, 6.45) is 6.23. The zero-order valence-corrected chi connectivity index (χ0v) is 19.8. The number of amides is 1. The monoisotopic (exact) mass is 444 g/mol. The van der Waals surface area contributed by atoms with Gasteiger partial charge in [0.05, 0.1) is 12.1 Å². The van der Waals surface area contributed by atoms with Crippen LogP contribution in [0.2, 0.25) is 0 Å². The maximum Gasteiger partial charge on any atom is 0.410 e. The van der Waals surface area contributed by atoms with Gasteiger partial charge in [0.2, 0.25) is 0 Å². The lowest BCUT2D eigenvalue weighted by molar-refractivity contribution is 0.0185. The van der Waals surface area contributed by atoms with Crippen molar-refractivity contribution in [1.29, 1.82) is 0 Å². The Kier molecular flexibility index (Phi) is 6.55. The minimum Gasteiger partial charge on any atom is -0.444 e. The van der Waals surface area contributed by atoms with Crippen LogP contribution in [0.15, 0.2) is 4.99 Å². The van der Waals surface area contributed by atoms with Crippen molar-refractivity contribution >= 4 is 23.7 Å². The quantitative estimate of drug-likeness (QED) is 0.770. The minimum absolute atomic E-state index is 0.0495. The summed E-state index contributed by atoms with van der Waals surface area (Å²) in [4.78, 5) is 33.9. The van der Waals surface area contributed by atoms with Crippen LogP contribution in [-0.4, -0.2) is 75.2 Å². The van der Waals surface area contributed by atoms with E-state index < -0.39 is 5.60 Å². The summed E-state index contributed by atoms with van der Waals surface area (Å²) in [6, 6.07) is 0.530. The molecule has 1 aromatic heterocycles. The molecule has 1 N–H and O–H groups in total. The van der Waals surface area contributed by atoms with Crippen molar-refractivity contribution in [3.05, 3.63) is 11.3 Å². The number of hydrogen-bond acceptors (Lipinski definition) is 7. The van der Waals surface area contributed by atoms with E-state index in [1.165, 1.54) is 36.8 Å². The van der Waals surface area contributed by atoms with Crippen molar-refractivity contribution in [3.63, 3.8) is 0 Å². The van der Waals surface area contributed by atoms with Crippen molar-refractivity contribution in [1.82, 2.24) is 24.9 Å². The molecule has 1 amide bonds. The molecule has 1 aliphatic carbocycles. The molecule has 176 valence electrons. The van der Waals surface area contributed by atoms with E-state index in [1.54, 1.807) is 4.90 Å². The Morgan fingerprint density at radius 3 is 2.47 bits per heavy atom. The van der Waals surface area contributed by atoms with Crippen LogP contribution in [0.3, 0.4) is 0 Å². The second-order valence-electron chi connectivity index (χ2n) is 10.1. The van der Waals surface area contributed by atoms with Gasteiger partial charge in [0.1, 0.15) is 11.4 Å². The lowest BCUT2D eigenvalue weighted by Crippen LogP contribution is -2.52. The first-order valence-corrected chi connectivity index (χ1v) is 11.9. The molecule has 0 atom stereocenters. The van der Waals surface area contributed by atoms with E-state index in [0.29, 0.717) is 44.6 Å². The molecule has 32 heavy (non-hydrogen) atoms. The van der Waals surface area contributed by atoms with Crippen LogP contribution in [0.1, 0.15) is 75.3 Å². The number of aliphatic imine (C=N–C) groups is 1. The summed E-state index contributed by atoms with van der Waals surface area (Å²) >= 11 is 0. The van der Waals surface area contributed by atoms with E-state index in [1.807, 2.05) is 27.7 Å². The van der Waals surface area contributed by atoms with E-state index in [4.69, 9.17) is 9.73 Å². The molecular formula is C23H36N6O3. The molecule has 9 nitrogen and oxygen atoms in total. The van der Waals surface area contributed by atoms with Crippen LogP contribution in [0.4, 0.5) is 10.6 Å². The number of carbonyl (C=O) groups excluding carboxylic acids is 2. The second-order valence-corrected chi connectivity index (χ2v) is 10.1. The van der Waals surface area contributed by atoms with Crippen LogP contribution in [0, 0.1) is 6.92 Å². The average Bonchev–Trinajstić information content (AvgIpc) is 3.07. The number of nitrogens with one attached hydrogen (secondary N) is 1. The predicted molar refractivity (Wildman–Crippen MR) is 122 cm³/mol. The summed E-state index contributed by atoms with van der Waals surface area (Å²) in [5.74, 6) is 1.38. The third-order valence-electron chi connectivity index (χ3n) is 6.41. The number of nitrogens with zero attached hydrogens (tertiary/aromatic N) is 5. The highest BCUT2D eigenvalue weighted by Gasteiger charge is 2.31. The molecular weight excluding hydrogens is 408 g/mol. The molecule has 0 unspecified atom stereocenters. The number of ether oxygens (including phenoxy) is 1. The Morgan fingerprint density at radius 1 is 1.12 bits per heavy atom. The fourth-order valence-corrected chi connectivity index (χ4v) is 4.62. The second kappa shape index (κ2) is 9.21. The molecule has 0 bridgehead atoms. The van der Waals surface area contributed by atoms with Crippen molar-refractivity contribution in [3.8, 4) is 0 Å². The van der Waals surface area contributed by atoms with Gasteiger partial charge in [-0.3, -0.25) is 4.79 Å². The highest BCUT2D eigenvalue weighted by molar-refractivity contribution is 6.05. The molecule has 2 aliphatic heterocycles. The molecule has 1 saturated heterocycles. The molecule has 1 aromatic rings. The topological polar surface area (TPSA) is 92.1 Å². The first kappa shape index (κ1) is 22.8. The van der Waals surface area contributed by atoms with Crippen LogP contribution >= 0.6 is 0 Å². The molecule has 1 saturated carbocycles. The first-order valence-electron chi connectivity index (χ1n) is 11.9. The van der Waals surface area contributed by atoms with Crippen molar-refractivity contribution in [2.24, 2.45) is 4.99 Å². The van der Waals surface area contributed by atoms with Gasteiger partial charge in [0.25, 0.3) is 5.91 Å². The zero-order chi connectivity index (χ0) is 22.9. The van der Waals surface area contributed by atoms with Crippen LogP contribution in [0.5, 0.6) is 0 Å². The van der Waals surface area contributed by atoms with Crippen LogP contribution in [0.25, 0.3) is 0 Å². The summed E-state index contributed by atoms with van der Waals surface area (Å²) in [7, 11) is 0. The number of piperazine rings is 1. The normalized spacial score (nSPS) is 20.2. The van der Waals surface area contributed by atoms with Crippen molar-refractivity contribution in [2.45, 2.75) is 84.4 Å². The van der Waals surface area contributed by atoms with E-state index in [9.17, 15) is 9.59 Å². The van der Waals surface area contributed by atoms with Gasteiger partial charge in [0.15, 0.2) is 5.82 Å². The van der Waals surface area contributed by atoms with Gasteiger partial charge in [-0.05, 0) is 40.5 Å². The molecule has 4 rings (SSSR count). The molecule has 0 aromatic carbocycles. The molecule has 3 aliphatic rings. The number of aromatic nitrogens is 2. The molecule has 0 radical (unpaired) electrons. The van der Waals surface area contributed by atoms with Crippen LogP contribution in [-0.2, 0) is 11.3 Å². The Hall–Kier alpha value is -2.42. The van der Waals surface area contributed by atoms with Gasteiger partial charge in [-0.2, -0.15) is 9.78 Å². The Labute approximate surface area is 190 Å². The maximum atomic E-state index is 12.8. The van der Waals surface area contributed by atoms with E-state index >= 15 is 0 Å². The molecule has 0 spiro atoms. The molecule has 3 heterocycles. The highest BCUT2D eigenvalue weighted by atomic mass is 16.6. The lowest BCUT2D eigenvalue weighted by Gasteiger charge is -2.37. The lowest BCUT2D eigenvalue weighted by atomic mass is 9.95. The predicted octanol–water partition coefficient (Wildman–Crippen LogP) is 3.24. The zero-order valence-electron chi connectivity index (χ0n) is 19.8. The fourth-order valence-electron chi connectivity index (χ4n) is 4.62. The number of fused-ring (bicyclic) bond motifs is 1. The highest BCUT2D eigenvalue weighted by Crippen LogP contribution is 2.29. The van der Waals surface area contributed by atoms with Gasteiger partial charge in [0, 0.05) is 44.3 Å².